The zero-order valence-electron chi connectivity index (χ0n) is 39.5. The third kappa shape index (κ3) is 45.7. The molecule has 0 rings (SSSR count). The Labute approximate surface area is 367 Å². The second kappa shape index (κ2) is 49.0. The average Bonchev–Trinajstić information content (AvgIpc) is 3.24. The lowest BCUT2D eigenvalue weighted by Gasteiger charge is -2.20. The van der Waals surface area contributed by atoms with Crippen LogP contribution in [-0.4, -0.2) is 47.4 Å². The van der Waals surface area contributed by atoms with Gasteiger partial charge in [-0.3, -0.25) is 9.59 Å². The number of nitrogens with one attached hydrogen (secondary N) is 1. The summed E-state index contributed by atoms with van der Waals surface area (Å²) in [6.45, 7) is 4.86. The highest BCUT2D eigenvalue weighted by Crippen LogP contribution is 2.16. The van der Waals surface area contributed by atoms with Gasteiger partial charge < -0.3 is 20.3 Å². The molecule has 2 unspecified atom stereocenters. The highest BCUT2D eigenvalue weighted by Gasteiger charge is 2.18. The van der Waals surface area contributed by atoms with Crippen LogP contribution in [0.25, 0.3) is 0 Å². The first-order valence-electron chi connectivity index (χ1n) is 26.1. The van der Waals surface area contributed by atoms with Crippen molar-refractivity contribution in [1.82, 2.24) is 5.32 Å². The van der Waals surface area contributed by atoms with Crippen LogP contribution in [-0.2, 0) is 14.3 Å². The van der Waals surface area contributed by atoms with Gasteiger partial charge in [0.05, 0.1) is 25.4 Å². The molecule has 6 nitrogen and oxygen atoms in total. The van der Waals surface area contributed by atoms with Crippen LogP contribution in [0.3, 0.4) is 0 Å². The smallest absolute Gasteiger partial charge is 0.305 e. The van der Waals surface area contributed by atoms with E-state index in [2.05, 4.69) is 31.3 Å². The maximum absolute atomic E-state index is 12.4. The number of aliphatic hydroxyl groups is 2. The van der Waals surface area contributed by atoms with Crippen molar-refractivity contribution < 1.29 is 24.5 Å². The van der Waals surface area contributed by atoms with Crippen LogP contribution in [0.1, 0.15) is 277 Å². The number of unbranched alkanes of at least 4 members (excludes halogenated alkanes) is 35. The Morgan fingerprint density at radius 1 is 0.458 bits per heavy atom. The van der Waals surface area contributed by atoms with Crippen molar-refractivity contribution >= 4 is 11.9 Å². The monoisotopic (exact) mass is 832 g/mol. The van der Waals surface area contributed by atoms with Gasteiger partial charge in [0.2, 0.25) is 5.91 Å². The number of carbonyl (C=O) groups is 2. The van der Waals surface area contributed by atoms with Crippen molar-refractivity contribution in [3.8, 4) is 0 Å². The number of hydrogen-bond acceptors (Lipinski definition) is 5. The topological polar surface area (TPSA) is 95.9 Å². The van der Waals surface area contributed by atoms with Gasteiger partial charge in [0.1, 0.15) is 0 Å². The number of allylic oxidation sites excluding steroid dienone is 3. The second-order valence-corrected chi connectivity index (χ2v) is 17.9. The molecule has 0 aromatic heterocycles. The van der Waals surface area contributed by atoms with Crippen molar-refractivity contribution in [2.24, 2.45) is 0 Å². The first-order chi connectivity index (χ1) is 29.0. The molecule has 0 heterocycles. The number of carbonyl (C=O) groups excluding carboxylic acids is 2. The third-order valence-electron chi connectivity index (χ3n) is 12.0. The van der Waals surface area contributed by atoms with E-state index in [-0.39, 0.29) is 18.5 Å². The van der Waals surface area contributed by atoms with Crippen molar-refractivity contribution in [2.75, 3.05) is 13.2 Å². The Morgan fingerprint density at radius 3 is 1.22 bits per heavy atom. The predicted molar refractivity (Wildman–Crippen MR) is 255 cm³/mol. The van der Waals surface area contributed by atoms with Gasteiger partial charge in [-0.2, -0.15) is 0 Å². The Bertz CT molecular complexity index is 920. The molecule has 2 atom stereocenters. The molecule has 0 aliphatic heterocycles. The Hall–Kier alpha value is -1.66. The molecule has 0 aliphatic rings. The van der Waals surface area contributed by atoms with Gasteiger partial charge in [-0.15, -0.1) is 0 Å². The maximum atomic E-state index is 12.4. The van der Waals surface area contributed by atoms with Gasteiger partial charge in [0.25, 0.3) is 0 Å². The number of aliphatic hydroxyl groups excluding tert-OH is 2. The molecule has 0 fully saturated rings. The van der Waals surface area contributed by atoms with E-state index in [9.17, 15) is 19.8 Å². The highest BCUT2D eigenvalue weighted by atomic mass is 16.5. The summed E-state index contributed by atoms with van der Waals surface area (Å²) in [4.78, 5) is 24.4. The molecule has 0 radical (unpaired) electrons. The van der Waals surface area contributed by atoms with Crippen LogP contribution >= 0.6 is 0 Å². The summed E-state index contributed by atoms with van der Waals surface area (Å²) in [6, 6.07) is -0.635. The molecule has 0 saturated heterocycles. The standard InChI is InChI=1S/C53H101NO5/c1-3-5-7-9-11-13-15-17-18-22-25-29-33-37-41-45-51(56)50(49-55)54-52(57)46-42-38-34-30-26-23-19-20-24-28-32-36-40-44-48-59-53(58)47-43-39-35-31-27-21-16-14-12-10-8-6-4-2/h14,16,41,45,50-51,55-56H,3-13,15,17-40,42-44,46-49H2,1-2H3,(H,54,57)/b16-14-,45-41+. The molecule has 1 amide bonds. The molecule has 348 valence electrons. The van der Waals surface area contributed by atoms with E-state index in [1.165, 1.54) is 193 Å². The van der Waals surface area contributed by atoms with Gasteiger partial charge in [0, 0.05) is 12.8 Å². The van der Waals surface area contributed by atoms with Gasteiger partial charge in [-0.25, -0.2) is 0 Å². The minimum absolute atomic E-state index is 0.0129. The van der Waals surface area contributed by atoms with E-state index in [1.807, 2.05) is 6.08 Å². The lowest BCUT2D eigenvalue weighted by Crippen LogP contribution is -2.45. The van der Waals surface area contributed by atoms with Crippen LogP contribution in [0.5, 0.6) is 0 Å². The Balaban J connectivity index is 3.48. The fraction of sp³-hybridized carbons (Fsp3) is 0.887. The number of hydrogen-bond donors (Lipinski definition) is 3. The molecule has 59 heavy (non-hydrogen) atoms. The first kappa shape index (κ1) is 57.3. The predicted octanol–water partition coefficient (Wildman–Crippen LogP) is 15.5. The lowest BCUT2D eigenvalue weighted by molar-refractivity contribution is -0.143. The SMILES string of the molecule is CCCCCC/C=C\CCCCCCCC(=O)OCCCCCCCCCCCCCCCCC(=O)NC(CO)C(O)/C=C/CCCCCCCCCCCCCCC. The molecule has 0 saturated carbocycles. The summed E-state index contributed by atoms with van der Waals surface area (Å²) in [5.41, 5.74) is 0. The highest BCUT2D eigenvalue weighted by molar-refractivity contribution is 5.76. The number of ether oxygens (including phenoxy) is 1. The molecular weight excluding hydrogens is 731 g/mol. The van der Waals surface area contributed by atoms with E-state index in [0.29, 0.717) is 19.4 Å². The van der Waals surface area contributed by atoms with E-state index < -0.39 is 12.1 Å². The van der Waals surface area contributed by atoms with Gasteiger partial charge >= 0.3 is 5.97 Å². The Morgan fingerprint density at radius 2 is 0.797 bits per heavy atom. The quantitative estimate of drug-likeness (QED) is 0.0322. The van der Waals surface area contributed by atoms with Crippen LogP contribution < -0.4 is 5.32 Å². The van der Waals surface area contributed by atoms with E-state index in [4.69, 9.17) is 4.74 Å². The number of amides is 1. The van der Waals surface area contributed by atoms with Crippen molar-refractivity contribution in [3.63, 3.8) is 0 Å². The normalized spacial score (nSPS) is 12.8. The van der Waals surface area contributed by atoms with E-state index in [0.717, 1.165) is 57.8 Å². The van der Waals surface area contributed by atoms with Gasteiger partial charge in [-0.05, 0) is 57.8 Å². The Kier molecular flexibility index (Phi) is 47.6. The van der Waals surface area contributed by atoms with Crippen molar-refractivity contribution in [1.29, 1.82) is 0 Å². The summed E-state index contributed by atoms with van der Waals surface area (Å²) < 4.78 is 5.45. The number of esters is 1. The molecule has 0 bridgehead atoms. The number of rotatable bonds is 48. The summed E-state index contributed by atoms with van der Waals surface area (Å²) in [6.07, 6.45) is 57.4. The maximum Gasteiger partial charge on any atom is 0.305 e. The largest absolute Gasteiger partial charge is 0.466 e. The summed E-state index contributed by atoms with van der Waals surface area (Å²) in [7, 11) is 0. The molecule has 3 N–H and O–H groups in total. The zero-order valence-corrected chi connectivity index (χ0v) is 39.5. The molecule has 0 aliphatic carbocycles. The minimum atomic E-state index is -0.851. The van der Waals surface area contributed by atoms with Crippen LogP contribution in [0.15, 0.2) is 24.3 Å². The second-order valence-electron chi connectivity index (χ2n) is 17.9. The van der Waals surface area contributed by atoms with E-state index in [1.54, 1.807) is 6.08 Å². The van der Waals surface area contributed by atoms with Crippen LogP contribution in [0, 0.1) is 0 Å². The molecule has 6 heteroatoms. The summed E-state index contributed by atoms with van der Waals surface area (Å²) >= 11 is 0. The molecular formula is C53H101NO5. The fourth-order valence-corrected chi connectivity index (χ4v) is 7.92. The molecule has 0 spiro atoms. The average molecular weight is 832 g/mol. The molecule has 0 aromatic carbocycles. The van der Waals surface area contributed by atoms with Gasteiger partial charge in [0.15, 0.2) is 0 Å². The zero-order chi connectivity index (χ0) is 43.0. The van der Waals surface area contributed by atoms with Crippen molar-refractivity contribution in [3.05, 3.63) is 24.3 Å². The molecule has 0 aromatic rings. The van der Waals surface area contributed by atoms with Crippen LogP contribution in [0.2, 0.25) is 0 Å². The van der Waals surface area contributed by atoms with E-state index >= 15 is 0 Å². The van der Waals surface area contributed by atoms with Crippen LogP contribution in [0.4, 0.5) is 0 Å². The van der Waals surface area contributed by atoms with Crippen molar-refractivity contribution in [2.45, 2.75) is 289 Å². The lowest BCUT2D eigenvalue weighted by atomic mass is 10.0. The third-order valence-corrected chi connectivity index (χ3v) is 12.0. The fourth-order valence-electron chi connectivity index (χ4n) is 7.92. The first-order valence-corrected chi connectivity index (χ1v) is 26.1. The minimum Gasteiger partial charge on any atom is -0.466 e. The summed E-state index contributed by atoms with van der Waals surface area (Å²) in [5.74, 6) is -0.0912. The summed E-state index contributed by atoms with van der Waals surface area (Å²) in [5, 5.41) is 23.1. The van der Waals surface area contributed by atoms with Gasteiger partial charge in [-0.1, -0.05) is 231 Å².